The minimum atomic E-state index is -0.0558. The maximum Gasteiger partial charge on any atom is 0.263 e. The summed E-state index contributed by atoms with van der Waals surface area (Å²) in [7, 11) is 0. The SMILES string of the molecule is CCSc1nc2c(c(=O)n1-c1ccccc1)C1(CCCC1)Cc1ccccc1-2. The molecule has 3 nitrogen and oxygen atoms in total. The van der Waals surface area contributed by atoms with Crippen molar-refractivity contribution in [1.29, 1.82) is 0 Å². The first kappa shape index (κ1) is 17.7. The molecule has 1 saturated carbocycles. The molecule has 0 bridgehead atoms. The van der Waals surface area contributed by atoms with Crippen molar-refractivity contribution in [3.8, 4) is 16.9 Å². The average Bonchev–Trinajstić information content (AvgIpc) is 3.17. The third kappa shape index (κ3) is 2.66. The predicted molar refractivity (Wildman–Crippen MR) is 116 cm³/mol. The Kier molecular flexibility index (Phi) is 4.39. The molecule has 0 N–H and O–H groups in total. The fraction of sp³-hybridized carbons (Fsp3) is 0.333. The number of fused-ring (bicyclic) bond motifs is 4. The molecule has 5 rings (SSSR count). The van der Waals surface area contributed by atoms with E-state index < -0.39 is 0 Å². The van der Waals surface area contributed by atoms with Gasteiger partial charge < -0.3 is 0 Å². The Bertz CT molecular complexity index is 1080. The second-order valence-electron chi connectivity index (χ2n) is 7.85. The summed E-state index contributed by atoms with van der Waals surface area (Å²) < 4.78 is 1.85. The maximum atomic E-state index is 14.0. The molecule has 0 atom stereocenters. The Hall–Kier alpha value is -2.33. The van der Waals surface area contributed by atoms with Crippen molar-refractivity contribution < 1.29 is 0 Å². The third-order valence-corrected chi connectivity index (χ3v) is 7.05. The lowest BCUT2D eigenvalue weighted by atomic mass is 9.68. The summed E-state index contributed by atoms with van der Waals surface area (Å²) in [5.41, 5.74) is 5.35. The van der Waals surface area contributed by atoms with Crippen LogP contribution in [0.5, 0.6) is 0 Å². The highest BCUT2D eigenvalue weighted by Gasteiger charge is 2.44. The van der Waals surface area contributed by atoms with Crippen LogP contribution in [0.2, 0.25) is 0 Å². The van der Waals surface area contributed by atoms with E-state index in [-0.39, 0.29) is 11.0 Å². The second-order valence-corrected chi connectivity index (χ2v) is 9.08. The summed E-state index contributed by atoms with van der Waals surface area (Å²) in [6.45, 7) is 2.11. The zero-order valence-corrected chi connectivity index (χ0v) is 17.0. The first-order chi connectivity index (χ1) is 13.7. The predicted octanol–water partition coefficient (Wildman–Crippen LogP) is 5.38. The van der Waals surface area contributed by atoms with Crippen LogP contribution in [0.4, 0.5) is 0 Å². The zero-order chi connectivity index (χ0) is 19.1. The lowest BCUT2D eigenvalue weighted by Gasteiger charge is -2.36. The standard InChI is InChI=1S/C24H24N2OS/c1-2-28-23-25-21-19-13-7-6-10-17(19)16-24(14-8-9-15-24)20(21)22(27)26(23)18-11-4-3-5-12-18/h3-7,10-13H,2,8-9,14-16H2,1H3. The molecular weight excluding hydrogens is 364 g/mol. The van der Waals surface area contributed by atoms with Crippen molar-refractivity contribution in [2.45, 2.75) is 49.6 Å². The number of rotatable bonds is 3. The number of hydrogen-bond donors (Lipinski definition) is 0. The average molecular weight is 389 g/mol. The van der Waals surface area contributed by atoms with E-state index in [1.54, 1.807) is 11.8 Å². The number of hydrogen-bond acceptors (Lipinski definition) is 3. The van der Waals surface area contributed by atoms with E-state index >= 15 is 0 Å². The molecular formula is C24H24N2OS. The summed E-state index contributed by atoms with van der Waals surface area (Å²) >= 11 is 1.64. The number of benzene rings is 2. The summed E-state index contributed by atoms with van der Waals surface area (Å²) in [5.74, 6) is 0.880. The number of thioether (sulfide) groups is 1. The molecule has 1 fully saturated rings. The van der Waals surface area contributed by atoms with E-state index in [0.29, 0.717) is 0 Å². The van der Waals surface area contributed by atoms with Gasteiger partial charge in [0.05, 0.1) is 16.9 Å². The molecule has 2 aromatic carbocycles. The van der Waals surface area contributed by atoms with E-state index in [9.17, 15) is 4.79 Å². The van der Waals surface area contributed by atoms with Crippen LogP contribution in [0.25, 0.3) is 16.9 Å². The fourth-order valence-electron chi connectivity index (χ4n) is 5.04. The quantitative estimate of drug-likeness (QED) is 0.446. The van der Waals surface area contributed by atoms with E-state index in [0.717, 1.165) is 52.7 Å². The summed E-state index contributed by atoms with van der Waals surface area (Å²) in [4.78, 5) is 19.1. The van der Waals surface area contributed by atoms with Gasteiger partial charge in [-0.25, -0.2) is 4.98 Å². The van der Waals surface area contributed by atoms with Crippen molar-refractivity contribution in [3.63, 3.8) is 0 Å². The van der Waals surface area contributed by atoms with Crippen molar-refractivity contribution in [2.24, 2.45) is 0 Å². The highest BCUT2D eigenvalue weighted by Crippen LogP contribution is 2.50. The van der Waals surface area contributed by atoms with Gasteiger partial charge in [-0.3, -0.25) is 9.36 Å². The Balaban J connectivity index is 1.86. The van der Waals surface area contributed by atoms with Crippen molar-refractivity contribution >= 4 is 11.8 Å². The van der Waals surface area contributed by atoms with Crippen molar-refractivity contribution in [2.75, 3.05) is 5.75 Å². The normalized spacial score (nSPS) is 16.8. The van der Waals surface area contributed by atoms with Gasteiger partial charge in [-0.2, -0.15) is 0 Å². The number of aromatic nitrogens is 2. The molecule has 1 spiro atoms. The number of para-hydroxylation sites is 1. The smallest absolute Gasteiger partial charge is 0.263 e. The van der Waals surface area contributed by atoms with Crippen LogP contribution in [0.3, 0.4) is 0 Å². The molecule has 2 aliphatic carbocycles. The second kappa shape index (κ2) is 6.93. The summed E-state index contributed by atoms with van der Waals surface area (Å²) in [5, 5.41) is 0.794. The van der Waals surface area contributed by atoms with Crippen molar-refractivity contribution in [3.05, 3.63) is 76.1 Å². The Morgan fingerprint density at radius 2 is 1.75 bits per heavy atom. The Morgan fingerprint density at radius 1 is 1.04 bits per heavy atom. The highest BCUT2D eigenvalue weighted by atomic mass is 32.2. The molecule has 0 saturated heterocycles. The minimum Gasteiger partial charge on any atom is -0.268 e. The van der Waals surface area contributed by atoms with Gasteiger partial charge in [-0.05, 0) is 42.7 Å². The number of nitrogens with zero attached hydrogens (tertiary/aromatic N) is 2. The Labute approximate surface area is 169 Å². The minimum absolute atomic E-state index is 0.0558. The van der Waals surface area contributed by atoms with Gasteiger partial charge in [0.25, 0.3) is 5.56 Å². The lowest BCUT2D eigenvalue weighted by Crippen LogP contribution is -2.40. The van der Waals surface area contributed by atoms with Crippen LogP contribution in [0.1, 0.15) is 43.7 Å². The molecule has 2 aliphatic rings. The zero-order valence-electron chi connectivity index (χ0n) is 16.1. The van der Waals surface area contributed by atoms with Gasteiger partial charge in [0.2, 0.25) is 0 Å². The summed E-state index contributed by atoms with van der Waals surface area (Å²) in [6, 6.07) is 18.5. The molecule has 0 aliphatic heterocycles. The van der Waals surface area contributed by atoms with Crippen LogP contribution < -0.4 is 5.56 Å². The van der Waals surface area contributed by atoms with Gasteiger partial charge in [-0.1, -0.05) is 74.0 Å². The van der Waals surface area contributed by atoms with Gasteiger partial charge in [-0.15, -0.1) is 0 Å². The highest BCUT2D eigenvalue weighted by molar-refractivity contribution is 7.99. The molecule has 0 amide bonds. The topological polar surface area (TPSA) is 34.9 Å². The Morgan fingerprint density at radius 3 is 2.50 bits per heavy atom. The van der Waals surface area contributed by atoms with Crippen LogP contribution in [0, 0.1) is 0 Å². The van der Waals surface area contributed by atoms with Crippen LogP contribution >= 0.6 is 11.8 Å². The molecule has 1 heterocycles. The van der Waals surface area contributed by atoms with Gasteiger partial charge in [0, 0.05) is 11.0 Å². The lowest BCUT2D eigenvalue weighted by molar-refractivity contribution is 0.422. The molecule has 28 heavy (non-hydrogen) atoms. The van der Waals surface area contributed by atoms with E-state index in [4.69, 9.17) is 4.98 Å². The van der Waals surface area contributed by atoms with Crippen molar-refractivity contribution in [1.82, 2.24) is 9.55 Å². The van der Waals surface area contributed by atoms with E-state index in [1.165, 1.54) is 18.4 Å². The van der Waals surface area contributed by atoms with Gasteiger partial charge >= 0.3 is 0 Å². The molecule has 142 valence electrons. The van der Waals surface area contributed by atoms with Crippen LogP contribution in [-0.4, -0.2) is 15.3 Å². The summed E-state index contributed by atoms with van der Waals surface area (Å²) in [6.07, 6.45) is 5.51. The van der Waals surface area contributed by atoms with E-state index in [2.05, 4.69) is 31.2 Å². The maximum absolute atomic E-state index is 14.0. The molecule has 0 unspecified atom stereocenters. The molecule has 1 aromatic heterocycles. The first-order valence-corrected chi connectivity index (χ1v) is 11.2. The first-order valence-electron chi connectivity index (χ1n) is 10.2. The van der Waals surface area contributed by atoms with Crippen LogP contribution in [-0.2, 0) is 11.8 Å². The third-order valence-electron chi connectivity index (χ3n) is 6.23. The molecule has 4 heteroatoms. The van der Waals surface area contributed by atoms with Gasteiger partial charge in [0.1, 0.15) is 0 Å². The fourth-order valence-corrected chi connectivity index (χ4v) is 5.77. The molecule has 3 aromatic rings. The largest absolute Gasteiger partial charge is 0.268 e. The van der Waals surface area contributed by atoms with Crippen LogP contribution in [0.15, 0.2) is 64.5 Å². The van der Waals surface area contributed by atoms with Gasteiger partial charge in [0.15, 0.2) is 5.16 Å². The van der Waals surface area contributed by atoms with E-state index in [1.807, 2.05) is 34.9 Å². The monoisotopic (exact) mass is 388 g/mol. The molecule has 0 radical (unpaired) electrons.